The van der Waals surface area contributed by atoms with Gasteiger partial charge >= 0.3 is 0 Å². The third-order valence-corrected chi connectivity index (χ3v) is 3.20. The average Bonchev–Trinajstić information content (AvgIpc) is 2.64. The smallest absolute Gasteiger partial charge is 0.154 e. The summed E-state index contributed by atoms with van der Waals surface area (Å²) in [5.41, 5.74) is 1.46. The zero-order valence-electron chi connectivity index (χ0n) is 11.0. The summed E-state index contributed by atoms with van der Waals surface area (Å²) < 4.78 is 7.93. The van der Waals surface area contributed by atoms with Gasteiger partial charge in [0.25, 0.3) is 0 Å². The van der Waals surface area contributed by atoms with Crippen LogP contribution in [-0.4, -0.2) is 15.7 Å². The van der Waals surface area contributed by atoms with Crippen LogP contribution in [-0.2, 0) is 7.05 Å². The Morgan fingerprint density at radius 3 is 2.42 bits per heavy atom. The minimum atomic E-state index is 0.151. The standard InChI is InChI=1S/C14H14BrN3O/c1-9(2)19-11-6-4-10(5-7-11)14-17-13(15)12(8-16)18(14)3/h4-7,9H,1-3H3. The van der Waals surface area contributed by atoms with Gasteiger partial charge in [0, 0.05) is 12.6 Å². The van der Waals surface area contributed by atoms with E-state index in [1.807, 2.05) is 45.2 Å². The Bertz CT molecular complexity index is 623. The molecule has 1 heterocycles. The van der Waals surface area contributed by atoms with E-state index in [1.54, 1.807) is 4.57 Å². The zero-order valence-corrected chi connectivity index (χ0v) is 12.6. The molecule has 5 heteroatoms. The maximum Gasteiger partial charge on any atom is 0.154 e. The van der Waals surface area contributed by atoms with E-state index in [2.05, 4.69) is 27.0 Å². The number of hydrogen-bond acceptors (Lipinski definition) is 3. The molecular weight excluding hydrogens is 306 g/mol. The summed E-state index contributed by atoms with van der Waals surface area (Å²) in [6, 6.07) is 9.81. The van der Waals surface area contributed by atoms with Crippen molar-refractivity contribution in [2.24, 2.45) is 7.05 Å². The number of hydrogen-bond donors (Lipinski definition) is 0. The zero-order chi connectivity index (χ0) is 14.0. The molecule has 0 aliphatic heterocycles. The summed E-state index contributed by atoms with van der Waals surface area (Å²) in [4.78, 5) is 4.36. The molecule has 0 saturated heterocycles. The molecule has 0 amide bonds. The van der Waals surface area contributed by atoms with Crippen LogP contribution in [0.3, 0.4) is 0 Å². The van der Waals surface area contributed by atoms with Gasteiger partial charge in [-0.3, -0.25) is 0 Å². The highest BCUT2D eigenvalue weighted by Crippen LogP contribution is 2.26. The molecule has 2 aromatic rings. The lowest BCUT2D eigenvalue weighted by Crippen LogP contribution is -2.05. The van der Waals surface area contributed by atoms with Gasteiger partial charge in [0.1, 0.15) is 22.2 Å². The quantitative estimate of drug-likeness (QED) is 0.869. The van der Waals surface area contributed by atoms with Gasteiger partial charge in [0.15, 0.2) is 5.69 Å². The maximum atomic E-state index is 9.04. The number of benzene rings is 1. The van der Waals surface area contributed by atoms with Crippen LogP contribution in [0.15, 0.2) is 28.9 Å². The highest BCUT2D eigenvalue weighted by molar-refractivity contribution is 9.10. The van der Waals surface area contributed by atoms with Crippen molar-refractivity contribution >= 4 is 15.9 Å². The lowest BCUT2D eigenvalue weighted by molar-refractivity contribution is 0.242. The fraction of sp³-hybridized carbons (Fsp3) is 0.286. The van der Waals surface area contributed by atoms with Crippen LogP contribution in [0.1, 0.15) is 19.5 Å². The Morgan fingerprint density at radius 2 is 1.95 bits per heavy atom. The molecule has 19 heavy (non-hydrogen) atoms. The highest BCUT2D eigenvalue weighted by atomic mass is 79.9. The minimum Gasteiger partial charge on any atom is -0.491 e. The van der Waals surface area contributed by atoms with E-state index in [0.29, 0.717) is 10.3 Å². The van der Waals surface area contributed by atoms with Crippen LogP contribution >= 0.6 is 15.9 Å². The van der Waals surface area contributed by atoms with Crippen LogP contribution in [0.5, 0.6) is 5.75 Å². The van der Waals surface area contributed by atoms with Crippen LogP contribution in [0.2, 0.25) is 0 Å². The summed E-state index contributed by atoms with van der Waals surface area (Å²) >= 11 is 3.29. The van der Waals surface area contributed by atoms with Crippen molar-refractivity contribution in [1.29, 1.82) is 5.26 Å². The van der Waals surface area contributed by atoms with E-state index in [1.165, 1.54) is 0 Å². The fourth-order valence-corrected chi connectivity index (χ4v) is 2.32. The molecule has 0 fully saturated rings. The third kappa shape index (κ3) is 2.79. The molecule has 4 nitrogen and oxygen atoms in total. The first-order valence-corrected chi connectivity index (χ1v) is 6.71. The van der Waals surface area contributed by atoms with Gasteiger partial charge in [-0.25, -0.2) is 4.98 Å². The summed E-state index contributed by atoms with van der Waals surface area (Å²) in [6.07, 6.45) is 0.151. The number of halogens is 1. The lowest BCUT2D eigenvalue weighted by atomic mass is 10.2. The molecule has 0 bridgehead atoms. The maximum absolute atomic E-state index is 9.04. The molecule has 0 aliphatic rings. The Labute approximate surface area is 120 Å². The minimum absolute atomic E-state index is 0.151. The second-order valence-electron chi connectivity index (χ2n) is 4.44. The molecule has 0 N–H and O–H groups in total. The molecule has 0 atom stereocenters. The van der Waals surface area contributed by atoms with Crippen LogP contribution in [0.4, 0.5) is 0 Å². The number of nitriles is 1. The summed E-state index contributed by atoms with van der Waals surface area (Å²) in [7, 11) is 1.82. The normalized spacial score (nSPS) is 10.5. The number of imidazole rings is 1. The van der Waals surface area contributed by atoms with E-state index >= 15 is 0 Å². The molecule has 0 radical (unpaired) electrons. The van der Waals surface area contributed by atoms with Crippen molar-refractivity contribution in [3.63, 3.8) is 0 Å². The van der Waals surface area contributed by atoms with Crippen LogP contribution < -0.4 is 4.74 Å². The summed E-state index contributed by atoms with van der Waals surface area (Å²) in [5.74, 6) is 1.58. The average molecular weight is 320 g/mol. The molecule has 0 spiro atoms. The van der Waals surface area contributed by atoms with Gasteiger partial charge in [-0.2, -0.15) is 5.26 Å². The molecule has 0 aliphatic carbocycles. The molecule has 2 rings (SSSR count). The van der Waals surface area contributed by atoms with Gasteiger partial charge in [-0.1, -0.05) is 0 Å². The van der Waals surface area contributed by atoms with Gasteiger partial charge in [-0.15, -0.1) is 0 Å². The van der Waals surface area contributed by atoms with Gasteiger partial charge in [-0.05, 0) is 54.0 Å². The van der Waals surface area contributed by atoms with E-state index in [0.717, 1.165) is 17.1 Å². The van der Waals surface area contributed by atoms with E-state index < -0.39 is 0 Å². The molecule has 0 saturated carbocycles. The number of aromatic nitrogens is 2. The summed E-state index contributed by atoms with van der Waals surface area (Å²) in [5, 5.41) is 9.04. The van der Waals surface area contributed by atoms with Crippen molar-refractivity contribution in [2.75, 3.05) is 0 Å². The first kappa shape index (κ1) is 13.6. The predicted octanol–water partition coefficient (Wildman–Crippen LogP) is 3.51. The Hall–Kier alpha value is -1.80. The second kappa shape index (κ2) is 5.45. The molecule has 1 aromatic heterocycles. The molecular formula is C14H14BrN3O. The third-order valence-electron chi connectivity index (χ3n) is 2.64. The van der Waals surface area contributed by atoms with Gasteiger partial charge in [0.2, 0.25) is 0 Å². The molecule has 1 aromatic carbocycles. The number of ether oxygens (including phenoxy) is 1. The van der Waals surface area contributed by atoms with E-state index in [9.17, 15) is 0 Å². The molecule has 98 valence electrons. The van der Waals surface area contributed by atoms with Crippen LogP contribution in [0, 0.1) is 11.3 Å². The Balaban J connectivity index is 2.36. The van der Waals surface area contributed by atoms with Gasteiger partial charge in [0.05, 0.1) is 6.10 Å². The SMILES string of the molecule is CC(C)Oc1ccc(-c2nc(Br)c(C#N)n2C)cc1. The second-order valence-corrected chi connectivity index (χ2v) is 5.19. The topological polar surface area (TPSA) is 50.8 Å². The van der Waals surface area contributed by atoms with Gasteiger partial charge < -0.3 is 9.30 Å². The Kier molecular flexibility index (Phi) is 3.91. The van der Waals surface area contributed by atoms with Crippen molar-refractivity contribution < 1.29 is 4.74 Å². The monoisotopic (exact) mass is 319 g/mol. The van der Waals surface area contributed by atoms with E-state index in [-0.39, 0.29) is 6.10 Å². The van der Waals surface area contributed by atoms with Crippen molar-refractivity contribution in [3.8, 4) is 23.2 Å². The van der Waals surface area contributed by atoms with Crippen molar-refractivity contribution in [3.05, 3.63) is 34.6 Å². The first-order valence-electron chi connectivity index (χ1n) is 5.92. The fourth-order valence-electron chi connectivity index (χ4n) is 1.80. The first-order chi connectivity index (χ1) is 9.02. The van der Waals surface area contributed by atoms with E-state index in [4.69, 9.17) is 10.00 Å². The highest BCUT2D eigenvalue weighted by Gasteiger charge is 2.13. The lowest BCUT2D eigenvalue weighted by Gasteiger charge is -2.10. The van der Waals surface area contributed by atoms with Crippen molar-refractivity contribution in [1.82, 2.24) is 9.55 Å². The summed E-state index contributed by atoms with van der Waals surface area (Å²) in [6.45, 7) is 3.98. The number of nitrogens with zero attached hydrogens (tertiary/aromatic N) is 3. The van der Waals surface area contributed by atoms with Crippen LogP contribution in [0.25, 0.3) is 11.4 Å². The molecule has 0 unspecified atom stereocenters. The Morgan fingerprint density at radius 1 is 1.32 bits per heavy atom. The largest absolute Gasteiger partial charge is 0.491 e. The predicted molar refractivity (Wildman–Crippen MR) is 76.8 cm³/mol. The van der Waals surface area contributed by atoms with Crippen molar-refractivity contribution in [2.45, 2.75) is 20.0 Å². The number of rotatable bonds is 3.